The van der Waals surface area contributed by atoms with Crippen molar-refractivity contribution >= 4 is 5.78 Å². The average molecular weight is 222 g/mol. The first kappa shape index (κ1) is 12.1. The molecule has 2 aliphatic carbocycles. The molecule has 0 amide bonds. The second-order valence-electron chi connectivity index (χ2n) is 6.15. The summed E-state index contributed by atoms with van der Waals surface area (Å²) in [6.45, 7) is 4.62. The highest BCUT2D eigenvalue weighted by molar-refractivity contribution is 5.82. The minimum Gasteiger partial charge on any atom is -0.299 e. The van der Waals surface area contributed by atoms with Crippen LogP contribution in [0.5, 0.6) is 0 Å². The van der Waals surface area contributed by atoms with Gasteiger partial charge in [-0.05, 0) is 43.4 Å². The lowest BCUT2D eigenvalue weighted by Gasteiger charge is -2.37. The lowest BCUT2D eigenvalue weighted by atomic mass is 9.67. The Bertz CT molecular complexity index is 246. The summed E-state index contributed by atoms with van der Waals surface area (Å²) in [5.41, 5.74) is 0. The van der Waals surface area contributed by atoms with Crippen LogP contribution in [0.2, 0.25) is 0 Å². The highest BCUT2D eigenvalue weighted by Crippen LogP contribution is 2.40. The summed E-state index contributed by atoms with van der Waals surface area (Å²) in [6, 6.07) is 0. The summed E-state index contributed by atoms with van der Waals surface area (Å²) in [6.07, 6.45) is 9.91. The van der Waals surface area contributed by atoms with Crippen molar-refractivity contribution in [2.75, 3.05) is 0 Å². The van der Waals surface area contributed by atoms with Gasteiger partial charge in [-0.1, -0.05) is 33.1 Å². The van der Waals surface area contributed by atoms with Gasteiger partial charge in [0.05, 0.1) is 0 Å². The zero-order chi connectivity index (χ0) is 11.5. The number of Topliss-reactive ketones (excluding diaryl/α,β-unsaturated/α-hetero) is 1. The second-order valence-corrected chi connectivity index (χ2v) is 6.15. The third kappa shape index (κ3) is 2.67. The van der Waals surface area contributed by atoms with E-state index in [9.17, 15) is 4.79 Å². The highest BCUT2D eigenvalue weighted by Gasteiger charge is 2.35. The fourth-order valence-corrected chi connectivity index (χ4v) is 3.78. The third-order valence-corrected chi connectivity index (χ3v) is 4.92. The third-order valence-electron chi connectivity index (χ3n) is 4.92. The van der Waals surface area contributed by atoms with E-state index in [1.807, 2.05) is 0 Å². The van der Waals surface area contributed by atoms with Crippen LogP contribution in [-0.2, 0) is 4.79 Å². The van der Waals surface area contributed by atoms with Crippen LogP contribution in [0, 0.1) is 23.7 Å². The summed E-state index contributed by atoms with van der Waals surface area (Å²) < 4.78 is 0. The summed E-state index contributed by atoms with van der Waals surface area (Å²) >= 11 is 0. The second kappa shape index (κ2) is 5.33. The molecule has 1 heteroatoms. The zero-order valence-electron chi connectivity index (χ0n) is 10.9. The predicted molar refractivity (Wildman–Crippen MR) is 67.3 cm³/mol. The molecule has 2 aliphatic rings. The van der Waals surface area contributed by atoms with Crippen molar-refractivity contribution in [1.29, 1.82) is 0 Å². The molecule has 4 unspecified atom stereocenters. The molecule has 0 aromatic carbocycles. The monoisotopic (exact) mass is 222 g/mol. The fraction of sp³-hybridized carbons (Fsp3) is 0.933. The topological polar surface area (TPSA) is 17.1 Å². The van der Waals surface area contributed by atoms with E-state index in [4.69, 9.17) is 0 Å². The molecule has 0 aromatic rings. The molecule has 0 bridgehead atoms. The normalized spacial score (nSPS) is 41.0. The number of carbonyl (C=O) groups excluding carboxylic acids is 1. The van der Waals surface area contributed by atoms with Gasteiger partial charge in [-0.2, -0.15) is 0 Å². The van der Waals surface area contributed by atoms with E-state index in [-0.39, 0.29) is 0 Å². The maximum atomic E-state index is 12.0. The summed E-state index contributed by atoms with van der Waals surface area (Å²) in [4.78, 5) is 12.0. The Kier molecular flexibility index (Phi) is 4.05. The Labute approximate surface area is 100.0 Å². The Morgan fingerprint density at radius 2 is 2.00 bits per heavy atom. The van der Waals surface area contributed by atoms with Gasteiger partial charge in [-0.15, -0.1) is 0 Å². The molecule has 0 aliphatic heterocycles. The molecule has 0 aromatic heterocycles. The average Bonchev–Trinajstić information content (AvgIpc) is 2.32. The molecular weight excluding hydrogens is 196 g/mol. The van der Waals surface area contributed by atoms with Gasteiger partial charge in [0.1, 0.15) is 5.78 Å². The molecule has 0 radical (unpaired) electrons. The molecular formula is C15H26O. The van der Waals surface area contributed by atoms with Crippen LogP contribution >= 0.6 is 0 Å². The summed E-state index contributed by atoms with van der Waals surface area (Å²) in [5.74, 6) is 3.43. The van der Waals surface area contributed by atoms with Gasteiger partial charge < -0.3 is 0 Å². The smallest absolute Gasteiger partial charge is 0.136 e. The van der Waals surface area contributed by atoms with Gasteiger partial charge in [0.25, 0.3) is 0 Å². The first-order valence-corrected chi connectivity index (χ1v) is 7.23. The predicted octanol–water partition coefficient (Wildman–Crippen LogP) is 4.21. The molecule has 0 N–H and O–H groups in total. The van der Waals surface area contributed by atoms with Crippen LogP contribution in [0.15, 0.2) is 0 Å². The van der Waals surface area contributed by atoms with Crippen molar-refractivity contribution in [1.82, 2.24) is 0 Å². The zero-order valence-corrected chi connectivity index (χ0v) is 10.9. The van der Waals surface area contributed by atoms with E-state index < -0.39 is 0 Å². The molecule has 2 fully saturated rings. The van der Waals surface area contributed by atoms with E-state index in [2.05, 4.69) is 13.8 Å². The van der Waals surface area contributed by atoms with Gasteiger partial charge in [0, 0.05) is 12.3 Å². The first-order chi connectivity index (χ1) is 7.70. The Hall–Kier alpha value is -0.330. The van der Waals surface area contributed by atoms with E-state index in [1.54, 1.807) is 0 Å². The van der Waals surface area contributed by atoms with Crippen LogP contribution in [0.25, 0.3) is 0 Å². The molecule has 0 saturated heterocycles. The van der Waals surface area contributed by atoms with Crippen LogP contribution in [0.3, 0.4) is 0 Å². The Morgan fingerprint density at radius 3 is 2.75 bits per heavy atom. The summed E-state index contributed by atoms with van der Waals surface area (Å²) in [7, 11) is 0. The van der Waals surface area contributed by atoms with E-state index >= 15 is 0 Å². The Balaban J connectivity index is 1.96. The van der Waals surface area contributed by atoms with E-state index in [0.29, 0.717) is 11.7 Å². The molecule has 0 spiro atoms. The van der Waals surface area contributed by atoms with E-state index in [0.717, 1.165) is 30.6 Å². The van der Waals surface area contributed by atoms with Crippen LogP contribution in [-0.4, -0.2) is 5.78 Å². The number of hydrogen-bond donors (Lipinski definition) is 0. The van der Waals surface area contributed by atoms with E-state index in [1.165, 1.54) is 38.5 Å². The quantitative estimate of drug-likeness (QED) is 0.684. The van der Waals surface area contributed by atoms with Crippen molar-refractivity contribution in [3.8, 4) is 0 Å². The number of carbonyl (C=O) groups is 1. The number of rotatable bonds is 2. The molecule has 4 atom stereocenters. The molecule has 0 heterocycles. The largest absolute Gasteiger partial charge is 0.299 e. The van der Waals surface area contributed by atoms with Crippen LogP contribution in [0.1, 0.15) is 65.2 Å². The van der Waals surface area contributed by atoms with Crippen molar-refractivity contribution in [2.24, 2.45) is 23.7 Å². The minimum absolute atomic E-state index is 0.429. The van der Waals surface area contributed by atoms with Crippen molar-refractivity contribution < 1.29 is 4.79 Å². The number of ketones is 1. The van der Waals surface area contributed by atoms with Gasteiger partial charge in [0.15, 0.2) is 0 Å². The SMILES string of the molecule is CCC1CCCC(C2CC(C)CCC2=O)C1. The maximum Gasteiger partial charge on any atom is 0.136 e. The number of hydrogen-bond acceptors (Lipinski definition) is 1. The minimum atomic E-state index is 0.429. The molecule has 16 heavy (non-hydrogen) atoms. The van der Waals surface area contributed by atoms with Gasteiger partial charge in [0.2, 0.25) is 0 Å². The lowest BCUT2D eigenvalue weighted by Crippen LogP contribution is -2.33. The van der Waals surface area contributed by atoms with Crippen LogP contribution in [0.4, 0.5) is 0 Å². The summed E-state index contributed by atoms with van der Waals surface area (Å²) in [5, 5.41) is 0. The Morgan fingerprint density at radius 1 is 1.19 bits per heavy atom. The first-order valence-electron chi connectivity index (χ1n) is 7.23. The van der Waals surface area contributed by atoms with Crippen LogP contribution < -0.4 is 0 Å². The molecule has 1 nitrogen and oxygen atoms in total. The van der Waals surface area contributed by atoms with Gasteiger partial charge in [-0.3, -0.25) is 4.79 Å². The standard InChI is InChI=1S/C15H26O/c1-3-12-5-4-6-13(10-12)14-9-11(2)7-8-15(14)16/h11-14H,3-10H2,1-2H3. The molecule has 2 rings (SSSR count). The van der Waals surface area contributed by atoms with Crippen molar-refractivity contribution in [2.45, 2.75) is 65.2 Å². The molecule has 92 valence electrons. The fourth-order valence-electron chi connectivity index (χ4n) is 3.78. The maximum absolute atomic E-state index is 12.0. The van der Waals surface area contributed by atoms with Gasteiger partial charge in [-0.25, -0.2) is 0 Å². The highest BCUT2D eigenvalue weighted by atomic mass is 16.1. The van der Waals surface area contributed by atoms with Crippen molar-refractivity contribution in [3.05, 3.63) is 0 Å². The van der Waals surface area contributed by atoms with Crippen molar-refractivity contribution in [3.63, 3.8) is 0 Å². The molecule has 2 saturated carbocycles. The lowest BCUT2D eigenvalue weighted by molar-refractivity contribution is -0.128. The van der Waals surface area contributed by atoms with Gasteiger partial charge >= 0.3 is 0 Å².